The fourth-order valence-corrected chi connectivity index (χ4v) is 5.91. The van der Waals surface area contributed by atoms with Gasteiger partial charge in [0.1, 0.15) is 12.6 Å². The Kier molecular flexibility index (Phi) is 10.5. The van der Waals surface area contributed by atoms with Crippen molar-refractivity contribution in [1.29, 1.82) is 0 Å². The summed E-state index contributed by atoms with van der Waals surface area (Å²) in [5, 5.41) is 2.96. The quantitative estimate of drug-likeness (QED) is 0.320. The number of carbonyl (C=O) groups excluding carboxylic acids is 2. The lowest BCUT2D eigenvalue weighted by Crippen LogP contribution is -2.52. The largest absolute Gasteiger partial charge is 0.352 e. The van der Waals surface area contributed by atoms with Gasteiger partial charge in [-0.15, -0.1) is 0 Å². The molecule has 0 heterocycles. The van der Waals surface area contributed by atoms with Crippen molar-refractivity contribution in [3.8, 4) is 0 Å². The Morgan fingerprint density at radius 1 is 0.875 bits per heavy atom. The summed E-state index contributed by atoms with van der Waals surface area (Å²) >= 11 is 0. The molecule has 40 heavy (non-hydrogen) atoms. The number of nitrogens with zero attached hydrogens (tertiary/aromatic N) is 2. The average molecular weight is 564 g/mol. The first-order valence-electron chi connectivity index (χ1n) is 13.8. The first kappa shape index (κ1) is 30.9. The number of amides is 2. The van der Waals surface area contributed by atoms with Crippen LogP contribution in [0.1, 0.15) is 56.4 Å². The molecule has 2 atom stereocenters. The molecule has 3 aromatic rings. The number of hydrogen-bond donors (Lipinski definition) is 1. The van der Waals surface area contributed by atoms with Crippen molar-refractivity contribution < 1.29 is 18.0 Å². The van der Waals surface area contributed by atoms with E-state index in [9.17, 15) is 18.0 Å². The molecule has 1 N–H and O–H groups in total. The summed E-state index contributed by atoms with van der Waals surface area (Å²) in [7, 11) is -4.10. The molecule has 0 saturated heterocycles. The molecule has 8 heteroatoms. The van der Waals surface area contributed by atoms with Crippen molar-refractivity contribution in [2.75, 3.05) is 10.8 Å². The highest BCUT2D eigenvalue weighted by atomic mass is 32.2. The standard InChI is InChI=1S/C32H41N3O4S/c1-7-25(5)33-32(37)26(6)34(21-27-13-11-12-24(4)20-27)31(36)22-35(30-15-10-9-14-28(30)8-2)40(38,39)29-18-16-23(3)17-19-29/h9-20,25-26H,7-8,21-22H2,1-6H3,(H,33,37). The molecule has 0 fully saturated rings. The van der Waals surface area contributed by atoms with Gasteiger partial charge in [0.2, 0.25) is 11.8 Å². The molecule has 7 nitrogen and oxygen atoms in total. The monoisotopic (exact) mass is 563 g/mol. The van der Waals surface area contributed by atoms with Gasteiger partial charge in [-0.25, -0.2) is 8.42 Å². The van der Waals surface area contributed by atoms with Crippen LogP contribution in [0, 0.1) is 13.8 Å². The summed E-state index contributed by atoms with van der Waals surface area (Å²) in [4.78, 5) is 28.8. The lowest BCUT2D eigenvalue weighted by atomic mass is 10.1. The summed E-state index contributed by atoms with van der Waals surface area (Å²) < 4.78 is 29.3. The number of carbonyl (C=O) groups is 2. The minimum Gasteiger partial charge on any atom is -0.352 e. The van der Waals surface area contributed by atoms with Gasteiger partial charge in [-0.05, 0) is 69.9 Å². The number of nitrogens with one attached hydrogen (secondary N) is 1. The Morgan fingerprint density at radius 3 is 2.17 bits per heavy atom. The Hall–Kier alpha value is -3.65. The highest BCUT2D eigenvalue weighted by Gasteiger charge is 2.33. The number of rotatable bonds is 12. The van der Waals surface area contributed by atoms with Crippen molar-refractivity contribution in [3.05, 3.63) is 95.1 Å². The van der Waals surface area contributed by atoms with E-state index in [2.05, 4.69) is 5.32 Å². The van der Waals surface area contributed by atoms with Gasteiger partial charge in [-0.2, -0.15) is 0 Å². The van der Waals surface area contributed by atoms with E-state index in [0.717, 1.165) is 28.7 Å². The molecule has 0 aliphatic carbocycles. The van der Waals surface area contributed by atoms with Crippen LogP contribution in [0.3, 0.4) is 0 Å². The minimum atomic E-state index is -4.10. The zero-order valence-corrected chi connectivity index (χ0v) is 25.2. The zero-order chi connectivity index (χ0) is 29.4. The number of para-hydroxylation sites is 1. The van der Waals surface area contributed by atoms with Crippen molar-refractivity contribution >= 4 is 27.5 Å². The molecular formula is C32H41N3O4S. The molecule has 214 valence electrons. The topological polar surface area (TPSA) is 86.8 Å². The molecule has 3 aromatic carbocycles. The van der Waals surface area contributed by atoms with Crippen LogP contribution in [0.2, 0.25) is 0 Å². The number of benzene rings is 3. The Bertz CT molecular complexity index is 1420. The van der Waals surface area contributed by atoms with Gasteiger partial charge in [-0.1, -0.05) is 79.6 Å². The van der Waals surface area contributed by atoms with Crippen molar-refractivity contribution in [2.45, 2.75) is 77.9 Å². The van der Waals surface area contributed by atoms with Gasteiger partial charge in [0.15, 0.2) is 0 Å². The molecule has 0 saturated carbocycles. The first-order valence-corrected chi connectivity index (χ1v) is 15.2. The fraction of sp³-hybridized carbons (Fsp3) is 0.375. The van der Waals surface area contributed by atoms with E-state index in [1.165, 1.54) is 9.21 Å². The van der Waals surface area contributed by atoms with Gasteiger partial charge < -0.3 is 10.2 Å². The second kappa shape index (κ2) is 13.6. The third-order valence-electron chi connectivity index (χ3n) is 7.13. The molecule has 0 spiro atoms. The minimum absolute atomic E-state index is 0.0549. The summed E-state index contributed by atoms with van der Waals surface area (Å²) in [5.74, 6) is -0.743. The predicted octanol–water partition coefficient (Wildman–Crippen LogP) is 5.39. The van der Waals surface area contributed by atoms with E-state index in [1.54, 1.807) is 43.3 Å². The van der Waals surface area contributed by atoms with Gasteiger partial charge in [-0.3, -0.25) is 13.9 Å². The van der Waals surface area contributed by atoms with Gasteiger partial charge >= 0.3 is 0 Å². The fourth-order valence-electron chi connectivity index (χ4n) is 4.46. The van der Waals surface area contributed by atoms with Crippen LogP contribution < -0.4 is 9.62 Å². The van der Waals surface area contributed by atoms with Crippen LogP contribution in [0.15, 0.2) is 77.7 Å². The summed E-state index contributed by atoms with van der Waals surface area (Å²) in [6.07, 6.45) is 1.34. The molecule has 2 amide bonds. The predicted molar refractivity (Wildman–Crippen MR) is 161 cm³/mol. The van der Waals surface area contributed by atoms with Gasteiger partial charge in [0.25, 0.3) is 10.0 Å². The number of anilines is 1. The van der Waals surface area contributed by atoms with Crippen LogP contribution >= 0.6 is 0 Å². The maximum absolute atomic E-state index is 14.1. The highest BCUT2D eigenvalue weighted by molar-refractivity contribution is 7.92. The lowest BCUT2D eigenvalue weighted by molar-refractivity contribution is -0.139. The average Bonchev–Trinajstić information content (AvgIpc) is 2.94. The normalized spacial score (nSPS) is 12.8. The van der Waals surface area contributed by atoms with E-state index in [0.29, 0.717) is 12.1 Å². The van der Waals surface area contributed by atoms with Crippen LogP contribution in [-0.4, -0.2) is 43.8 Å². The van der Waals surface area contributed by atoms with Crippen molar-refractivity contribution in [1.82, 2.24) is 10.2 Å². The van der Waals surface area contributed by atoms with E-state index in [4.69, 9.17) is 0 Å². The van der Waals surface area contributed by atoms with Crippen LogP contribution in [0.4, 0.5) is 5.69 Å². The zero-order valence-electron chi connectivity index (χ0n) is 24.3. The van der Waals surface area contributed by atoms with Crippen LogP contribution in [-0.2, 0) is 32.6 Å². The van der Waals surface area contributed by atoms with Crippen molar-refractivity contribution in [2.24, 2.45) is 0 Å². The van der Waals surface area contributed by atoms with E-state index in [-0.39, 0.29) is 23.4 Å². The summed E-state index contributed by atoms with van der Waals surface area (Å²) in [6, 6.07) is 20.7. The molecule has 0 aliphatic heterocycles. The Morgan fingerprint density at radius 2 is 1.55 bits per heavy atom. The third kappa shape index (κ3) is 7.50. The number of hydrogen-bond acceptors (Lipinski definition) is 4. The number of sulfonamides is 1. The maximum atomic E-state index is 14.1. The van der Waals surface area contributed by atoms with E-state index < -0.39 is 28.5 Å². The number of aryl methyl sites for hydroxylation is 3. The Balaban J connectivity index is 2.06. The molecule has 2 unspecified atom stereocenters. The third-order valence-corrected chi connectivity index (χ3v) is 8.91. The second-order valence-electron chi connectivity index (χ2n) is 10.3. The van der Waals surface area contributed by atoms with Crippen molar-refractivity contribution in [3.63, 3.8) is 0 Å². The first-order chi connectivity index (χ1) is 19.0. The maximum Gasteiger partial charge on any atom is 0.264 e. The molecule has 0 aliphatic rings. The lowest BCUT2D eigenvalue weighted by Gasteiger charge is -2.33. The SMILES string of the molecule is CCc1ccccc1N(CC(=O)N(Cc1cccc(C)c1)C(C)C(=O)NC(C)CC)S(=O)(=O)c1ccc(C)cc1. The molecular weight excluding hydrogens is 522 g/mol. The van der Waals surface area contributed by atoms with Gasteiger partial charge in [0, 0.05) is 12.6 Å². The Labute approximate surface area is 239 Å². The van der Waals surface area contributed by atoms with E-state index in [1.807, 2.05) is 71.0 Å². The summed E-state index contributed by atoms with van der Waals surface area (Å²) in [6.45, 7) is 11.1. The second-order valence-corrected chi connectivity index (χ2v) is 12.2. The van der Waals surface area contributed by atoms with Gasteiger partial charge in [0.05, 0.1) is 10.6 Å². The van der Waals surface area contributed by atoms with Crippen LogP contribution in [0.5, 0.6) is 0 Å². The molecule has 0 bridgehead atoms. The highest BCUT2D eigenvalue weighted by Crippen LogP contribution is 2.28. The van der Waals surface area contributed by atoms with E-state index >= 15 is 0 Å². The smallest absolute Gasteiger partial charge is 0.264 e. The van der Waals surface area contributed by atoms with Crippen LogP contribution in [0.25, 0.3) is 0 Å². The molecule has 0 aromatic heterocycles. The summed E-state index contributed by atoms with van der Waals surface area (Å²) in [5.41, 5.74) is 4.08. The molecule has 0 radical (unpaired) electrons. The molecule has 3 rings (SSSR count).